The number of hydrogen-bond acceptors (Lipinski definition) is 6. The number of amides is 1. The lowest BCUT2D eigenvalue weighted by molar-refractivity contribution is -0.132. The van der Waals surface area contributed by atoms with Crippen molar-refractivity contribution in [3.05, 3.63) is 18.5 Å². The summed E-state index contributed by atoms with van der Waals surface area (Å²) in [7, 11) is -1.35. The van der Waals surface area contributed by atoms with Crippen molar-refractivity contribution in [2.75, 3.05) is 43.9 Å². The molecule has 9 heteroatoms. The van der Waals surface area contributed by atoms with E-state index in [9.17, 15) is 13.2 Å². The second kappa shape index (κ2) is 6.95. The normalized spacial score (nSPS) is 27.8. The summed E-state index contributed by atoms with van der Waals surface area (Å²) in [6.45, 7) is 6.19. The second-order valence-corrected chi connectivity index (χ2v) is 10.8. The fourth-order valence-electron chi connectivity index (χ4n) is 5.32. The van der Waals surface area contributed by atoms with Gasteiger partial charge in [0.25, 0.3) is 0 Å². The number of carbonyl (C=O) groups is 1. The monoisotopic (exact) mass is 407 g/mol. The van der Waals surface area contributed by atoms with E-state index in [0.29, 0.717) is 38.4 Å². The number of nitrogens with zero attached hydrogens (tertiary/aromatic N) is 5. The van der Waals surface area contributed by atoms with Gasteiger partial charge in [-0.15, -0.1) is 0 Å². The van der Waals surface area contributed by atoms with Crippen LogP contribution in [0.4, 0.5) is 5.95 Å². The maximum atomic E-state index is 13.0. The Kier molecular flexibility index (Phi) is 4.86. The largest absolute Gasteiger partial charge is 0.340 e. The van der Waals surface area contributed by atoms with Gasteiger partial charge in [-0.1, -0.05) is 13.8 Å². The van der Waals surface area contributed by atoms with E-state index in [2.05, 4.69) is 14.9 Å². The topological polar surface area (TPSA) is 86.7 Å². The zero-order valence-corrected chi connectivity index (χ0v) is 17.6. The smallest absolute Gasteiger partial charge is 0.228 e. The van der Waals surface area contributed by atoms with E-state index < -0.39 is 10.0 Å². The quantitative estimate of drug-likeness (QED) is 0.735. The van der Waals surface area contributed by atoms with Gasteiger partial charge in [0.1, 0.15) is 0 Å². The Morgan fingerprint density at radius 1 is 1.18 bits per heavy atom. The molecule has 28 heavy (non-hydrogen) atoms. The maximum Gasteiger partial charge on any atom is 0.228 e. The van der Waals surface area contributed by atoms with Crippen LogP contribution in [0.25, 0.3) is 0 Å². The van der Waals surface area contributed by atoms with Crippen LogP contribution < -0.4 is 4.90 Å². The Morgan fingerprint density at radius 3 is 2.43 bits per heavy atom. The average Bonchev–Trinajstić information content (AvgIpc) is 3.18. The van der Waals surface area contributed by atoms with Gasteiger partial charge in [-0.25, -0.2) is 22.7 Å². The molecule has 2 atom stereocenters. The maximum absolute atomic E-state index is 13.0. The van der Waals surface area contributed by atoms with Crippen molar-refractivity contribution < 1.29 is 13.2 Å². The minimum absolute atomic E-state index is 0.0624. The first-order valence-electron chi connectivity index (χ1n) is 10.0. The molecule has 4 rings (SSSR count). The number of fused-ring (bicyclic) bond motifs is 2. The lowest BCUT2D eigenvalue weighted by atomic mass is 9.75. The molecule has 3 aliphatic rings. The lowest BCUT2D eigenvalue weighted by Gasteiger charge is -2.46. The van der Waals surface area contributed by atoms with E-state index in [1.807, 2.05) is 25.8 Å². The van der Waals surface area contributed by atoms with Gasteiger partial charge >= 0.3 is 0 Å². The minimum atomic E-state index is -3.24. The highest BCUT2D eigenvalue weighted by Crippen LogP contribution is 2.49. The standard InChI is InChI=1S/C19H29N5O3S/c1-14(2)13-28(26,27)24-9-5-19(6-10-24)16-12-23(18-20-7-4-8-21-18)11-15(16)17(25)22(19)3/h4,7-8,14-16H,5-6,9-13H2,1-3H3/t15-,16+/m0/s1. The molecule has 3 fully saturated rings. The summed E-state index contributed by atoms with van der Waals surface area (Å²) in [6, 6.07) is 1.79. The SMILES string of the molecule is CC(C)CS(=O)(=O)N1CCC2(CC1)[C@@H]1CN(c3ncccn3)C[C@@H]1C(=O)N2C. The third-order valence-corrected chi connectivity index (χ3v) is 8.93. The van der Waals surface area contributed by atoms with Crippen LogP contribution in [0.3, 0.4) is 0 Å². The van der Waals surface area contributed by atoms with Crippen LogP contribution in [0.1, 0.15) is 26.7 Å². The first-order valence-corrected chi connectivity index (χ1v) is 11.6. The van der Waals surface area contributed by atoms with Gasteiger partial charge in [0.05, 0.1) is 17.2 Å². The van der Waals surface area contributed by atoms with Crippen molar-refractivity contribution in [3.63, 3.8) is 0 Å². The summed E-state index contributed by atoms with van der Waals surface area (Å²) in [5, 5.41) is 0. The molecule has 3 saturated heterocycles. The van der Waals surface area contributed by atoms with Crippen molar-refractivity contribution in [2.24, 2.45) is 17.8 Å². The van der Waals surface area contributed by atoms with E-state index in [1.54, 1.807) is 22.8 Å². The van der Waals surface area contributed by atoms with E-state index >= 15 is 0 Å². The zero-order valence-electron chi connectivity index (χ0n) is 16.8. The highest BCUT2D eigenvalue weighted by molar-refractivity contribution is 7.89. The van der Waals surface area contributed by atoms with Crippen LogP contribution in [0.2, 0.25) is 0 Å². The van der Waals surface area contributed by atoms with Gasteiger partial charge in [-0.05, 0) is 24.8 Å². The van der Waals surface area contributed by atoms with Crippen LogP contribution in [0.5, 0.6) is 0 Å². The molecule has 0 unspecified atom stereocenters. The van der Waals surface area contributed by atoms with Crippen molar-refractivity contribution >= 4 is 21.9 Å². The summed E-state index contributed by atoms with van der Waals surface area (Å²) < 4.78 is 26.9. The molecule has 1 amide bonds. The fourth-order valence-corrected chi connectivity index (χ4v) is 7.11. The van der Waals surface area contributed by atoms with Crippen LogP contribution >= 0.6 is 0 Å². The first kappa shape index (κ1) is 19.6. The Morgan fingerprint density at radius 2 is 1.82 bits per heavy atom. The molecule has 1 aromatic heterocycles. The third kappa shape index (κ3) is 3.08. The summed E-state index contributed by atoms with van der Waals surface area (Å²) in [5.41, 5.74) is -0.269. The van der Waals surface area contributed by atoms with Gasteiger partial charge in [-0.2, -0.15) is 0 Å². The highest BCUT2D eigenvalue weighted by atomic mass is 32.2. The molecule has 4 heterocycles. The Balaban J connectivity index is 1.53. The molecule has 3 aliphatic heterocycles. The summed E-state index contributed by atoms with van der Waals surface area (Å²) >= 11 is 0. The van der Waals surface area contributed by atoms with Crippen molar-refractivity contribution in [1.29, 1.82) is 0 Å². The van der Waals surface area contributed by atoms with Gasteiger partial charge in [-0.3, -0.25) is 4.79 Å². The molecular weight excluding hydrogens is 378 g/mol. The van der Waals surface area contributed by atoms with Crippen molar-refractivity contribution in [3.8, 4) is 0 Å². The third-order valence-electron chi connectivity index (χ3n) is 6.69. The van der Waals surface area contributed by atoms with Crippen LogP contribution in [-0.2, 0) is 14.8 Å². The van der Waals surface area contributed by atoms with Gasteiger partial charge < -0.3 is 9.80 Å². The molecule has 0 radical (unpaired) electrons. The number of aromatic nitrogens is 2. The van der Waals surface area contributed by atoms with Gasteiger partial charge in [0.2, 0.25) is 21.9 Å². The molecular formula is C19H29N5O3S. The number of likely N-dealkylation sites (tertiary alicyclic amines) is 1. The Hall–Kier alpha value is -1.74. The molecule has 154 valence electrons. The fraction of sp³-hybridized carbons (Fsp3) is 0.737. The number of anilines is 1. The zero-order chi connectivity index (χ0) is 20.1. The number of piperidine rings is 1. The molecule has 8 nitrogen and oxygen atoms in total. The molecule has 0 bridgehead atoms. The molecule has 0 N–H and O–H groups in total. The average molecular weight is 408 g/mol. The molecule has 0 saturated carbocycles. The van der Waals surface area contributed by atoms with Crippen LogP contribution in [0, 0.1) is 17.8 Å². The van der Waals surface area contributed by atoms with Crippen LogP contribution in [0.15, 0.2) is 18.5 Å². The molecule has 0 aromatic carbocycles. The predicted molar refractivity (Wildman–Crippen MR) is 106 cm³/mol. The molecule has 1 spiro atoms. The highest BCUT2D eigenvalue weighted by Gasteiger charge is 2.61. The van der Waals surface area contributed by atoms with Gasteiger partial charge in [0.15, 0.2) is 0 Å². The predicted octanol–water partition coefficient (Wildman–Crippen LogP) is 0.821. The van der Waals surface area contributed by atoms with E-state index in [4.69, 9.17) is 0 Å². The number of sulfonamides is 1. The summed E-state index contributed by atoms with van der Waals surface area (Å²) in [4.78, 5) is 25.7. The Labute approximate surface area is 167 Å². The van der Waals surface area contributed by atoms with Crippen LogP contribution in [-0.4, -0.2) is 78.0 Å². The first-order chi connectivity index (χ1) is 13.2. The number of carbonyl (C=O) groups excluding carboxylic acids is 1. The van der Waals surface area contributed by atoms with E-state index in [0.717, 1.165) is 6.54 Å². The minimum Gasteiger partial charge on any atom is -0.340 e. The van der Waals surface area contributed by atoms with Gasteiger partial charge in [0, 0.05) is 51.5 Å². The van der Waals surface area contributed by atoms with E-state index in [1.165, 1.54) is 0 Å². The van der Waals surface area contributed by atoms with Crippen molar-refractivity contribution in [2.45, 2.75) is 32.2 Å². The summed E-state index contributed by atoms with van der Waals surface area (Å²) in [6.07, 6.45) is 4.82. The van der Waals surface area contributed by atoms with E-state index in [-0.39, 0.29) is 35.0 Å². The molecule has 0 aliphatic carbocycles. The molecule has 1 aromatic rings. The van der Waals surface area contributed by atoms with Crippen molar-refractivity contribution in [1.82, 2.24) is 19.2 Å². The summed E-state index contributed by atoms with van der Waals surface area (Å²) in [5.74, 6) is 1.24. The number of rotatable bonds is 4. The Bertz CT molecular complexity index is 836. The second-order valence-electron chi connectivity index (χ2n) is 8.74. The lowest BCUT2D eigenvalue weighted by Crippen LogP contribution is -2.57. The number of hydrogen-bond donors (Lipinski definition) is 0.